The SMILES string of the molecule is O=C(NCSc1[c]cccc1)c1ccccc1. The van der Waals surface area contributed by atoms with Gasteiger partial charge in [-0.2, -0.15) is 0 Å². The Hall–Kier alpha value is -1.74. The third-order valence-corrected chi connectivity index (χ3v) is 3.03. The predicted octanol–water partition coefficient (Wildman–Crippen LogP) is 2.97. The van der Waals surface area contributed by atoms with Gasteiger partial charge in [0.05, 0.1) is 5.88 Å². The van der Waals surface area contributed by atoms with Gasteiger partial charge in [-0.3, -0.25) is 4.79 Å². The van der Waals surface area contributed by atoms with Crippen LogP contribution >= 0.6 is 11.8 Å². The van der Waals surface area contributed by atoms with Gasteiger partial charge in [-0.25, -0.2) is 0 Å². The van der Waals surface area contributed by atoms with Crippen LogP contribution in [0.25, 0.3) is 0 Å². The van der Waals surface area contributed by atoms with Crippen LogP contribution in [0.2, 0.25) is 0 Å². The molecule has 1 amide bonds. The molecule has 0 bridgehead atoms. The van der Waals surface area contributed by atoms with Crippen molar-refractivity contribution in [1.29, 1.82) is 0 Å². The molecular formula is C14H12NOS. The largest absolute Gasteiger partial charge is 0.343 e. The molecule has 3 heteroatoms. The lowest BCUT2D eigenvalue weighted by Gasteiger charge is -2.04. The molecule has 2 rings (SSSR count). The topological polar surface area (TPSA) is 29.1 Å². The van der Waals surface area contributed by atoms with Crippen LogP contribution in [0, 0.1) is 6.07 Å². The lowest BCUT2D eigenvalue weighted by atomic mass is 10.2. The van der Waals surface area contributed by atoms with Gasteiger partial charge in [0.2, 0.25) is 0 Å². The second-order valence-corrected chi connectivity index (χ2v) is 4.40. The van der Waals surface area contributed by atoms with E-state index in [2.05, 4.69) is 11.4 Å². The molecule has 0 aromatic heterocycles. The highest BCUT2D eigenvalue weighted by Gasteiger charge is 2.02. The summed E-state index contributed by atoms with van der Waals surface area (Å²) in [6.45, 7) is 0. The maximum absolute atomic E-state index is 11.7. The first kappa shape index (κ1) is 11.7. The van der Waals surface area contributed by atoms with Crippen LogP contribution in [-0.2, 0) is 0 Å². The third-order valence-electron chi connectivity index (χ3n) is 2.18. The van der Waals surface area contributed by atoms with Crippen LogP contribution < -0.4 is 5.32 Å². The number of hydrogen-bond donors (Lipinski definition) is 1. The summed E-state index contributed by atoms with van der Waals surface area (Å²) in [5, 5.41) is 2.85. The van der Waals surface area contributed by atoms with Gasteiger partial charge in [0.15, 0.2) is 0 Å². The molecule has 0 saturated carbocycles. The molecule has 2 aromatic carbocycles. The lowest BCUT2D eigenvalue weighted by molar-refractivity contribution is 0.0961. The van der Waals surface area contributed by atoms with Gasteiger partial charge in [0.1, 0.15) is 0 Å². The van der Waals surface area contributed by atoms with Crippen molar-refractivity contribution >= 4 is 17.7 Å². The van der Waals surface area contributed by atoms with Crippen molar-refractivity contribution in [2.75, 3.05) is 5.88 Å². The zero-order chi connectivity index (χ0) is 11.9. The molecule has 0 aliphatic rings. The van der Waals surface area contributed by atoms with Crippen molar-refractivity contribution in [3.8, 4) is 0 Å². The Labute approximate surface area is 105 Å². The van der Waals surface area contributed by atoms with Gasteiger partial charge in [-0.1, -0.05) is 36.4 Å². The molecule has 17 heavy (non-hydrogen) atoms. The van der Waals surface area contributed by atoms with Gasteiger partial charge in [0, 0.05) is 10.5 Å². The molecule has 0 saturated heterocycles. The highest BCUT2D eigenvalue weighted by Crippen LogP contribution is 2.14. The average molecular weight is 242 g/mol. The summed E-state index contributed by atoms with van der Waals surface area (Å²) in [4.78, 5) is 12.7. The highest BCUT2D eigenvalue weighted by atomic mass is 32.2. The second-order valence-electron chi connectivity index (χ2n) is 3.39. The molecule has 1 N–H and O–H groups in total. The fourth-order valence-electron chi connectivity index (χ4n) is 1.34. The number of carbonyl (C=O) groups is 1. The van der Waals surface area contributed by atoms with Crippen LogP contribution in [0.4, 0.5) is 0 Å². The molecule has 85 valence electrons. The highest BCUT2D eigenvalue weighted by molar-refractivity contribution is 7.99. The molecule has 0 aliphatic heterocycles. The monoisotopic (exact) mass is 242 g/mol. The summed E-state index contributed by atoms with van der Waals surface area (Å²) < 4.78 is 0. The number of benzene rings is 2. The van der Waals surface area contributed by atoms with Crippen LogP contribution in [0.3, 0.4) is 0 Å². The maximum atomic E-state index is 11.7. The quantitative estimate of drug-likeness (QED) is 0.659. The van der Waals surface area contributed by atoms with E-state index in [1.165, 1.54) is 0 Å². The van der Waals surface area contributed by atoms with E-state index in [1.54, 1.807) is 23.9 Å². The van der Waals surface area contributed by atoms with Crippen molar-refractivity contribution in [3.05, 3.63) is 66.2 Å². The molecule has 2 nitrogen and oxygen atoms in total. The van der Waals surface area contributed by atoms with E-state index in [0.717, 1.165) is 4.90 Å². The van der Waals surface area contributed by atoms with Gasteiger partial charge in [-0.15, -0.1) is 11.8 Å². The summed E-state index contributed by atoms with van der Waals surface area (Å²) in [5.74, 6) is 0.503. The maximum Gasteiger partial charge on any atom is 0.251 e. The Morgan fingerprint density at radius 3 is 2.59 bits per heavy atom. The second kappa shape index (κ2) is 6.11. The standard InChI is InChI=1S/C14H12NOS/c16-14(12-7-3-1-4-8-12)15-11-17-13-9-5-2-6-10-13/h1-9H,11H2,(H,15,16). The number of nitrogens with one attached hydrogen (secondary N) is 1. The van der Waals surface area contributed by atoms with E-state index in [1.807, 2.05) is 42.5 Å². The fourth-order valence-corrected chi connectivity index (χ4v) is 2.02. The van der Waals surface area contributed by atoms with Crippen LogP contribution in [0.1, 0.15) is 10.4 Å². The summed E-state index contributed by atoms with van der Waals surface area (Å²) in [7, 11) is 0. The molecule has 0 unspecified atom stereocenters. The summed E-state index contributed by atoms with van der Waals surface area (Å²) in [6.07, 6.45) is 0. The van der Waals surface area contributed by atoms with Gasteiger partial charge in [-0.05, 0) is 24.3 Å². The minimum absolute atomic E-state index is 0.0472. The molecule has 0 atom stereocenters. The number of hydrogen-bond acceptors (Lipinski definition) is 2. The van der Waals surface area contributed by atoms with Crippen LogP contribution in [-0.4, -0.2) is 11.8 Å². The van der Waals surface area contributed by atoms with Gasteiger partial charge >= 0.3 is 0 Å². The molecule has 0 aliphatic carbocycles. The van der Waals surface area contributed by atoms with Crippen molar-refractivity contribution in [2.24, 2.45) is 0 Å². The molecular weight excluding hydrogens is 230 g/mol. The smallest absolute Gasteiger partial charge is 0.251 e. The van der Waals surface area contributed by atoms with Crippen LogP contribution in [0.5, 0.6) is 0 Å². The summed E-state index contributed by atoms with van der Waals surface area (Å²) in [6, 6.07) is 20.0. The molecule has 1 radical (unpaired) electrons. The predicted molar refractivity (Wildman–Crippen MR) is 69.9 cm³/mol. The zero-order valence-electron chi connectivity index (χ0n) is 9.22. The zero-order valence-corrected chi connectivity index (χ0v) is 10.0. The molecule has 2 aromatic rings. The van der Waals surface area contributed by atoms with E-state index < -0.39 is 0 Å². The Morgan fingerprint density at radius 2 is 1.88 bits per heavy atom. The van der Waals surface area contributed by atoms with E-state index in [4.69, 9.17) is 0 Å². The fraction of sp³-hybridized carbons (Fsp3) is 0.0714. The number of thioether (sulfide) groups is 1. The summed E-state index contributed by atoms with van der Waals surface area (Å²) >= 11 is 1.56. The van der Waals surface area contributed by atoms with Gasteiger partial charge in [0.25, 0.3) is 5.91 Å². The van der Waals surface area contributed by atoms with Crippen molar-refractivity contribution < 1.29 is 4.79 Å². The van der Waals surface area contributed by atoms with E-state index in [9.17, 15) is 4.79 Å². The molecule has 0 heterocycles. The Kier molecular flexibility index (Phi) is 4.22. The van der Waals surface area contributed by atoms with E-state index in [-0.39, 0.29) is 5.91 Å². The number of amides is 1. The van der Waals surface area contributed by atoms with Crippen molar-refractivity contribution in [1.82, 2.24) is 5.32 Å². The first-order chi connectivity index (χ1) is 8.36. The van der Waals surface area contributed by atoms with Crippen molar-refractivity contribution in [2.45, 2.75) is 4.90 Å². The Bertz CT molecular complexity index is 470. The normalized spacial score (nSPS) is 9.88. The first-order valence-electron chi connectivity index (χ1n) is 5.29. The molecule has 0 fully saturated rings. The lowest BCUT2D eigenvalue weighted by Crippen LogP contribution is -2.22. The van der Waals surface area contributed by atoms with Crippen molar-refractivity contribution in [3.63, 3.8) is 0 Å². The van der Waals surface area contributed by atoms with Crippen LogP contribution in [0.15, 0.2) is 59.5 Å². The molecule has 0 spiro atoms. The van der Waals surface area contributed by atoms with E-state index in [0.29, 0.717) is 11.4 Å². The average Bonchev–Trinajstić information content (AvgIpc) is 2.41. The minimum Gasteiger partial charge on any atom is -0.343 e. The Morgan fingerprint density at radius 1 is 1.12 bits per heavy atom. The summed E-state index contributed by atoms with van der Waals surface area (Å²) in [5.41, 5.74) is 0.685. The minimum atomic E-state index is -0.0472. The third kappa shape index (κ3) is 3.64. The van der Waals surface area contributed by atoms with Gasteiger partial charge < -0.3 is 5.32 Å². The van der Waals surface area contributed by atoms with E-state index >= 15 is 0 Å². The first-order valence-corrected chi connectivity index (χ1v) is 6.27. The Balaban J connectivity index is 1.82. The number of carbonyl (C=O) groups excluding carboxylic acids is 1. The number of rotatable bonds is 4.